The molecule has 1 heterocycles. The fourth-order valence-electron chi connectivity index (χ4n) is 1.59. The van der Waals surface area contributed by atoms with Crippen LogP contribution in [0.15, 0.2) is 29.4 Å². The lowest BCUT2D eigenvalue weighted by atomic mass is 10.0. The Morgan fingerprint density at radius 2 is 2.27 bits per heavy atom. The van der Waals surface area contributed by atoms with Crippen molar-refractivity contribution in [2.24, 2.45) is 5.10 Å². The molecule has 2 rings (SSSR count). The maximum atomic E-state index is 11.2. The Bertz CT molecular complexity index is 473. The summed E-state index contributed by atoms with van der Waals surface area (Å²) < 4.78 is 0. The van der Waals surface area contributed by atoms with Gasteiger partial charge in [-0.15, -0.1) is 0 Å². The Kier molecular flexibility index (Phi) is 2.22. The first-order valence-electron chi connectivity index (χ1n) is 4.56. The topological polar surface area (TPSA) is 56.5 Å². The van der Waals surface area contributed by atoms with Crippen molar-refractivity contribution in [1.29, 1.82) is 5.26 Å². The third-order valence-corrected chi connectivity index (χ3v) is 2.30. The molecule has 15 heavy (non-hydrogen) atoms. The average Bonchev–Trinajstić information content (AvgIpc) is 2.27. The molecule has 1 aromatic carbocycles. The van der Waals surface area contributed by atoms with Crippen LogP contribution in [0.3, 0.4) is 0 Å². The smallest absolute Gasteiger partial charge is 0.241 e. The third kappa shape index (κ3) is 1.48. The number of hydrogen-bond donors (Lipinski definition) is 0. The second-order valence-electron chi connectivity index (χ2n) is 3.27. The summed E-state index contributed by atoms with van der Waals surface area (Å²) in [5, 5.41) is 14.2. The van der Waals surface area contributed by atoms with Gasteiger partial charge in [0.05, 0.1) is 12.3 Å². The van der Waals surface area contributed by atoms with Crippen LogP contribution < -0.4 is 0 Å². The number of fused-ring (bicyclic) bond motifs is 1. The minimum Gasteiger partial charge on any atom is -0.273 e. The van der Waals surface area contributed by atoms with Crippen LogP contribution in [0, 0.1) is 11.3 Å². The number of carbonyl (C=O) groups excluding carboxylic acids is 1. The molecule has 0 aliphatic carbocycles. The molecule has 0 spiro atoms. The van der Waals surface area contributed by atoms with Gasteiger partial charge in [0.1, 0.15) is 0 Å². The maximum Gasteiger partial charge on any atom is 0.241 e. The third-order valence-electron chi connectivity index (χ3n) is 2.30. The number of nitriles is 1. The normalized spacial score (nSPS) is 18.1. The molecule has 1 aliphatic rings. The Hall–Kier alpha value is -2.15. The van der Waals surface area contributed by atoms with Crippen LogP contribution in [0.2, 0.25) is 0 Å². The molecule has 74 valence electrons. The van der Waals surface area contributed by atoms with E-state index >= 15 is 0 Å². The van der Waals surface area contributed by atoms with Gasteiger partial charge < -0.3 is 0 Å². The largest absolute Gasteiger partial charge is 0.273 e. The van der Waals surface area contributed by atoms with Crippen molar-refractivity contribution in [3.63, 3.8) is 0 Å². The first kappa shape index (κ1) is 9.41. The van der Waals surface area contributed by atoms with Crippen LogP contribution in [0.1, 0.15) is 24.1 Å². The summed E-state index contributed by atoms with van der Waals surface area (Å²) in [7, 11) is 0. The number of rotatable bonds is 0. The predicted molar refractivity (Wildman–Crippen MR) is 54.9 cm³/mol. The number of carbonyl (C=O) groups is 1. The molecule has 0 bridgehead atoms. The van der Waals surface area contributed by atoms with E-state index in [0.717, 1.165) is 11.1 Å². The number of amides is 1. The van der Waals surface area contributed by atoms with Crippen molar-refractivity contribution in [2.45, 2.75) is 13.0 Å². The predicted octanol–water partition coefficient (Wildman–Crippen LogP) is 1.45. The summed E-state index contributed by atoms with van der Waals surface area (Å²) in [5.74, 6) is -0.229. The summed E-state index contributed by atoms with van der Waals surface area (Å²) in [6.07, 6.45) is 1.60. The standard InChI is InChI=1S/C11H9N3O/c1-8(15)14-11(6-12)10-5-3-2-4-9(10)7-13-14/h2-5,7,11H,1H3/t11-/m0/s1. The zero-order valence-electron chi connectivity index (χ0n) is 8.21. The first-order chi connectivity index (χ1) is 7.24. The van der Waals surface area contributed by atoms with Gasteiger partial charge >= 0.3 is 0 Å². The average molecular weight is 199 g/mol. The molecule has 0 fully saturated rings. The van der Waals surface area contributed by atoms with E-state index in [1.54, 1.807) is 6.21 Å². The molecule has 4 heteroatoms. The number of nitrogens with zero attached hydrogens (tertiary/aromatic N) is 3. The molecule has 0 unspecified atom stereocenters. The van der Waals surface area contributed by atoms with Crippen LogP contribution in [0.4, 0.5) is 0 Å². The van der Waals surface area contributed by atoms with Crippen LogP contribution in [0.5, 0.6) is 0 Å². The molecule has 1 amide bonds. The van der Waals surface area contributed by atoms with Gasteiger partial charge in [0, 0.05) is 12.5 Å². The molecule has 0 radical (unpaired) electrons. The maximum absolute atomic E-state index is 11.2. The Morgan fingerprint density at radius 1 is 1.53 bits per heavy atom. The molecule has 1 atom stereocenters. The highest BCUT2D eigenvalue weighted by Gasteiger charge is 2.26. The fourth-order valence-corrected chi connectivity index (χ4v) is 1.59. The summed E-state index contributed by atoms with van der Waals surface area (Å²) in [6.45, 7) is 1.40. The molecule has 0 saturated carbocycles. The van der Waals surface area contributed by atoms with Gasteiger partial charge in [0.15, 0.2) is 6.04 Å². The quantitative estimate of drug-likeness (QED) is 0.635. The van der Waals surface area contributed by atoms with Gasteiger partial charge in [-0.1, -0.05) is 24.3 Å². The minimum absolute atomic E-state index is 0.229. The minimum atomic E-state index is -0.608. The molecule has 0 N–H and O–H groups in total. The summed E-state index contributed by atoms with van der Waals surface area (Å²) in [5.41, 5.74) is 1.71. The number of hydrazone groups is 1. The van der Waals surface area contributed by atoms with E-state index in [1.165, 1.54) is 11.9 Å². The van der Waals surface area contributed by atoms with E-state index in [4.69, 9.17) is 5.26 Å². The van der Waals surface area contributed by atoms with Gasteiger partial charge in [-0.05, 0) is 5.56 Å². The molecule has 0 saturated heterocycles. The lowest BCUT2D eigenvalue weighted by Crippen LogP contribution is -2.30. The van der Waals surface area contributed by atoms with E-state index in [0.29, 0.717) is 0 Å². The molecule has 0 aromatic heterocycles. The van der Waals surface area contributed by atoms with Crippen molar-refractivity contribution in [3.05, 3.63) is 35.4 Å². The highest BCUT2D eigenvalue weighted by molar-refractivity contribution is 5.86. The van der Waals surface area contributed by atoms with Gasteiger partial charge in [-0.2, -0.15) is 10.4 Å². The summed E-state index contributed by atoms with van der Waals surface area (Å²) in [6, 6.07) is 8.91. The Balaban J connectivity index is 2.52. The summed E-state index contributed by atoms with van der Waals surface area (Å²) in [4.78, 5) is 11.2. The molecule has 1 aromatic rings. The second-order valence-corrected chi connectivity index (χ2v) is 3.27. The van der Waals surface area contributed by atoms with E-state index in [1.807, 2.05) is 24.3 Å². The Labute approximate surface area is 87.4 Å². The number of benzene rings is 1. The first-order valence-corrected chi connectivity index (χ1v) is 4.56. The second kappa shape index (κ2) is 3.54. The van der Waals surface area contributed by atoms with E-state index < -0.39 is 6.04 Å². The highest BCUT2D eigenvalue weighted by Crippen LogP contribution is 2.26. The van der Waals surface area contributed by atoms with Crippen LogP contribution in [-0.4, -0.2) is 17.1 Å². The van der Waals surface area contributed by atoms with Crippen molar-refractivity contribution < 1.29 is 4.79 Å². The van der Waals surface area contributed by atoms with E-state index in [-0.39, 0.29) is 5.91 Å². The number of hydrogen-bond acceptors (Lipinski definition) is 3. The van der Waals surface area contributed by atoms with Crippen LogP contribution >= 0.6 is 0 Å². The van der Waals surface area contributed by atoms with Crippen molar-refractivity contribution in [3.8, 4) is 6.07 Å². The van der Waals surface area contributed by atoms with Crippen LogP contribution in [0.25, 0.3) is 0 Å². The van der Waals surface area contributed by atoms with Crippen molar-refractivity contribution in [1.82, 2.24) is 5.01 Å². The van der Waals surface area contributed by atoms with Gasteiger partial charge in [-0.25, -0.2) is 5.01 Å². The zero-order valence-corrected chi connectivity index (χ0v) is 8.21. The molecular formula is C11H9N3O. The van der Waals surface area contributed by atoms with Gasteiger partial charge in [-0.3, -0.25) is 4.79 Å². The van der Waals surface area contributed by atoms with E-state index in [9.17, 15) is 4.79 Å². The van der Waals surface area contributed by atoms with Crippen molar-refractivity contribution in [2.75, 3.05) is 0 Å². The lowest BCUT2D eigenvalue weighted by molar-refractivity contribution is -0.130. The highest BCUT2D eigenvalue weighted by atomic mass is 16.2. The molecular weight excluding hydrogens is 190 g/mol. The van der Waals surface area contributed by atoms with Crippen LogP contribution in [-0.2, 0) is 4.79 Å². The Morgan fingerprint density at radius 3 is 2.93 bits per heavy atom. The fraction of sp³-hybridized carbons (Fsp3) is 0.182. The molecule has 4 nitrogen and oxygen atoms in total. The van der Waals surface area contributed by atoms with Gasteiger partial charge in [0.25, 0.3) is 0 Å². The zero-order chi connectivity index (χ0) is 10.8. The SMILES string of the molecule is CC(=O)N1N=Cc2ccccc2[C@@H]1C#N. The molecule has 1 aliphatic heterocycles. The summed E-state index contributed by atoms with van der Waals surface area (Å²) >= 11 is 0. The monoisotopic (exact) mass is 199 g/mol. The lowest BCUT2D eigenvalue weighted by Gasteiger charge is -2.25. The van der Waals surface area contributed by atoms with Crippen molar-refractivity contribution >= 4 is 12.1 Å². The van der Waals surface area contributed by atoms with Gasteiger partial charge in [0.2, 0.25) is 5.91 Å². The van der Waals surface area contributed by atoms with E-state index in [2.05, 4.69) is 11.2 Å².